The van der Waals surface area contributed by atoms with Crippen molar-refractivity contribution in [1.82, 2.24) is 4.98 Å². The lowest BCUT2D eigenvalue weighted by molar-refractivity contribution is -0.160. The van der Waals surface area contributed by atoms with E-state index in [4.69, 9.17) is 14.5 Å². The molecular formula is C35H44N2O4. The molecule has 0 spiro atoms. The predicted octanol–water partition coefficient (Wildman–Crippen LogP) is 7.48. The highest BCUT2D eigenvalue weighted by Gasteiger charge is 2.36. The van der Waals surface area contributed by atoms with E-state index in [1.807, 2.05) is 46.8 Å². The second kappa shape index (κ2) is 11.1. The van der Waals surface area contributed by atoms with Crippen molar-refractivity contribution in [1.29, 1.82) is 0 Å². The van der Waals surface area contributed by atoms with Crippen molar-refractivity contribution in [3.05, 3.63) is 76.6 Å². The largest absolute Gasteiger partial charge is 0.490 e. The number of nitrogens with zero attached hydrogens (tertiary/aromatic N) is 2. The second-order valence-corrected chi connectivity index (χ2v) is 13.5. The van der Waals surface area contributed by atoms with Crippen molar-refractivity contribution < 1.29 is 19.4 Å². The smallest absolute Gasteiger partial charge is 0.337 e. The molecule has 3 aromatic rings. The van der Waals surface area contributed by atoms with Crippen LogP contribution in [-0.2, 0) is 22.4 Å². The molecule has 6 heteroatoms. The van der Waals surface area contributed by atoms with E-state index >= 15 is 0 Å². The van der Waals surface area contributed by atoms with Gasteiger partial charge in [0.15, 0.2) is 6.10 Å². The summed E-state index contributed by atoms with van der Waals surface area (Å²) in [5.74, 6) is -0.162. The second-order valence-electron chi connectivity index (χ2n) is 13.5. The number of ether oxygens (including phenoxy) is 2. The normalized spacial score (nSPS) is 17.8. The van der Waals surface area contributed by atoms with Crippen molar-refractivity contribution in [3.8, 4) is 16.9 Å². The van der Waals surface area contributed by atoms with Gasteiger partial charge < -0.3 is 19.5 Å². The van der Waals surface area contributed by atoms with Crippen LogP contribution in [0.2, 0.25) is 0 Å². The molecule has 1 saturated heterocycles. The van der Waals surface area contributed by atoms with Gasteiger partial charge in [-0.1, -0.05) is 50.2 Å². The summed E-state index contributed by atoms with van der Waals surface area (Å²) in [7, 11) is 0. The molecule has 41 heavy (non-hydrogen) atoms. The summed E-state index contributed by atoms with van der Waals surface area (Å²) in [5.41, 5.74) is 7.47. The Morgan fingerprint density at radius 3 is 2.10 bits per heavy atom. The van der Waals surface area contributed by atoms with Crippen molar-refractivity contribution >= 4 is 11.7 Å². The first-order valence-electron chi connectivity index (χ1n) is 14.8. The molecule has 0 bridgehead atoms. The first-order valence-corrected chi connectivity index (χ1v) is 14.8. The Labute approximate surface area is 244 Å². The Balaban J connectivity index is 1.54. The molecule has 6 nitrogen and oxygen atoms in total. The molecule has 0 saturated carbocycles. The van der Waals surface area contributed by atoms with Gasteiger partial charge in [-0.25, -0.2) is 4.79 Å². The van der Waals surface area contributed by atoms with Gasteiger partial charge in [-0.2, -0.15) is 0 Å². The van der Waals surface area contributed by atoms with Gasteiger partial charge in [0, 0.05) is 48.4 Å². The molecule has 5 rings (SSSR count). The third-order valence-electron chi connectivity index (χ3n) is 8.43. The average molecular weight is 557 g/mol. The van der Waals surface area contributed by atoms with Crippen LogP contribution < -0.4 is 9.64 Å². The van der Waals surface area contributed by atoms with Crippen LogP contribution in [0, 0.1) is 19.3 Å². The summed E-state index contributed by atoms with van der Waals surface area (Å²) in [5, 5.41) is 10.4. The number of aryl methyl sites for hydroxylation is 2. The molecule has 2 aliphatic rings. The molecule has 1 aliphatic heterocycles. The Morgan fingerprint density at radius 2 is 1.56 bits per heavy atom. The highest BCUT2D eigenvalue weighted by atomic mass is 16.5. The van der Waals surface area contributed by atoms with Crippen LogP contribution in [0.5, 0.6) is 5.75 Å². The molecule has 0 unspecified atom stereocenters. The molecule has 1 atom stereocenters. The van der Waals surface area contributed by atoms with E-state index < -0.39 is 17.7 Å². The lowest BCUT2D eigenvalue weighted by Crippen LogP contribution is -2.39. The molecule has 0 amide bonds. The molecular weight excluding hydrogens is 512 g/mol. The van der Waals surface area contributed by atoms with Crippen molar-refractivity contribution in [2.24, 2.45) is 5.41 Å². The minimum absolute atomic E-state index is 0.130. The zero-order valence-electron chi connectivity index (χ0n) is 25.6. The summed E-state index contributed by atoms with van der Waals surface area (Å²) in [4.78, 5) is 20.0. The lowest BCUT2D eigenvalue weighted by Gasteiger charge is -2.41. The van der Waals surface area contributed by atoms with Gasteiger partial charge in [0.1, 0.15) is 11.9 Å². The molecule has 1 fully saturated rings. The van der Waals surface area contributed by atoms with Crippen LogP contribution >= 0.6 is 0 Å². The number of aliphatic carboxylic acids is 1. The van der Waals surface area contributed by atoms with E-state index in [2.05, 4.69) is 55.1 Å². The maximum Gasteiger partial charge on any atom is 0.337 e. The number of rotatable bonds is 7. The lowest BCUT2D eigenvalue weighted by atomic mass is 9.82. The fourth-order valence-corrected chi connectivity index (χ4v) is 6.25. The van der Waals surface area contributed by atoms with Gasteiger partial charge in [-0.05, 0) is 81.7 Å². The van der Waals surface area contributed by atoms with Crippen LogP contribution in [0.4, 0.5) is 5.69 Å². The van der Waals surface area contributed by atoms with Crippen molar-refractivity contribution in [3.63, 3.8) is 0 Å². The number of hydrogen-bond donors (Lipinski definition) is 1. The van der Waals surface area contributed by atoms with E-state index in [-0.39, 0.29) is 11.5 Å². The van der Waals surface area contributed by atoms with Crippen LogP contribution in [0.3, 0.4) is 0 Å². The zero-order chi connectivity index (χ0) is 29.5. The number of carboxylic acid groups (broad SMARTS) is 1. The third-order valence-corrected chi connectivity index (χ3v) is 8.43. The number of hydrogen-bond acceptors (Lipinski definition) is 5. The number of carboxylic acids is 1. The summed E-state index contributed by atoms with van der Waals surface area (Å²) in [6.07, 6.45) is 2.90. The Hall–Kier alpha value is -3.38. The molecule has 1 N–H and O–H groups in total. The molecule has 2 aromatic carbocycles. The molecule has 1 aromatic heterocycles. The molecule has 218 valence electrons. The zero-order valence-corrected chi connectivity index (χ0v) is 25.6. The fourth-order valence-electron chi connectivity index (χ4n) is 6.25. The van der Waals surface area contributed by atoms with Gasteiger partial charge in [0.25, 0.3) is 0 Å². The Morgan fingerprint density at radius 1 is 0.976 bits per heavy atom. The third kappa shape index (κ3) is 6.43. The topological polar surface area (TPSA) is 71.9 Å². The van der Waals surface area contributed by atoms with Gasteiger partial charge in [0.05, 0.1) is 11.3 Å². The van der Waals surface area contributed by atoms with Gasteiger partial charge in [-0.3, -0.25) is 4.98 Å². The van der Waals surface area contributed by atoms with Crippen LogP contribution in [0.1, 0.15) is 81.6 Å². The minimum atomic E-state index is -1.13. The van der Waals surface area contributed by atoms with E-state index in [0.717, 1.165) is 67.0 Å². The van der Waals surface area contributed by atoms with Crippen LogP contribution in [0.25, 0.3) is 11.1 Å². The summed E-state index contributed by atoms with van der Waals surface area (Å²) in [6, 6.07) is 16.8. The predicted molar refractivity (Wildman–Crippen MR) is 164 cm³/mol. The minimum Gasteiger partial charge on any atom is -0.490 e. The Kier molecular flexibility index (Phi) is 7.90. The number of aromatic nitrogens is 1. The SMILES string of the molecule is Cc1nc(C)c([C@H](OC(C)(C)C)C(=O)O)c(N2CCC(C)(C)CC2)c1-c1ccc(OC2Cc3ccccc3C2)cc1. The first kappa shape index (κ1) is 29.1. The fraction of sp³-hybridized carbons (Fsp3) is 0.486. The first-order chi connectivity index (χ1) is 19.3. The van der Waals surface area contributed by atoms with E-state index in [1.165, 1.54) is 11.1 Å². The number of fused-ring (bicyclic) bond motifs is 1. The van der Waals surface area contributed by atoms with Crippen molar-refractivity contribution in [2.75, 3.05) is 18.0 Å². The maximum atomic E-state index is 12.7. The van der Waals surface area contributed by atoms with Gasteiger partial charge in [0.2, 0.25) is 0 Å². The number of carbonyl (C=O) groups is 1. The highest BCUT2D eigenvalue weighted by Crippen LogP contribution is 2.45. The Bertz CT molecular complexity index is 1390. The van der Waals surface area contributed by atoms with Crippen LogP contribution in [-0.4, -0.2) is 40.9 Å². The van der Waals surface area contributed by atoms with E-state index in [9.17, 15) is 9.90 Å². The molecule has 0 radical (unpaired) electrons. The summed E-state index contributed by atoms with van der Waals surface area (Å²) in [6.45, 7) is 15.9. The summed E-state index contributed by atoms with van der Waals surface area (Å²) < 4.78 is 12.6. The average Bonchev–Trinajstić information content (AvgIpc) is 3.30. The van der Waals surface area contributed by atoms with E-state index in [0.29, 0.717) is 11.3 Å². The highest BCUT2D eigenvalue weighted by molar-refractivity contribution is 5.88. The van der Waals surface area contributed by atoms with Crippen molar-refractivity contribution in [2.45, 2.75) is 92.0 Å². The standard InChI is InChI=1S/C35H44N2O4/c1-22-29(24-12-14-27(15-13-24)40-28-20-25-10-8-9-11-26(25)21-28)31(37-18-16-35(6,7)17-19-37)30(23(2)36-22)32(33(38)39)41-34(3,4)5/h8-15,28,32H,16-21H2,1-7H3,(H,38,39)/t32-/m0/s1. The van der Waals surface area contributed by atoms with Crippen LogP contribution in [0.15, 0.2) is 48.5 Å². The molecule has 2 heterocycles. The van der Waals surface area contributed by atoms with Gasteiger partial charge >= 0.3 is 5.97 Å². The maximum absolute atomic E-state index is 12.7. The number of anilines is 1. The number of piperidine rings is 1. The number of benzene rings is 2. The molecule has 1 aliphatic carbocycles. The quantitative estimate of drug-likeness (QED) is 0.325. The monoisotopic (exact) mass is 556 g/mol. The summed E-state index contributed by atoms with van der Waals surface area (Å²) >= 11 is 0. The number of pyridine rings is 1. The van der Waals surface area contributed by atoms with Gasteiger partial charge in [-0.15, -0.1) is 0 Å². The van der Waals surface area contributed by atoms with E-state index in [1.54, 1.807) is 0 Å².